The van der Waals surface area contributed by atoms with E-state index in [0.717, 1.165) is 12.0 Å². The van der Waals surface area contributed by atoms with E-state index in [2.05, 4.69) is 0 Å². The molecule has 3 rings (SSSR count). The number of benzene rings is 2. The van der Waals surface area contributed by atoms with E-state index in [4.69, 9.17) is 21.1 Å². The molecule has 1 aliphatic heterocycles. The van der Waals surface area contributed by atoms with Crippen molar-refractivity contribution in [3.63, 3.8) is 0 Å². The van der Waals surface area contributed by atoms with Crippen molar-refractivity contribution in [1.29, 1.82) is 0 Å². The Hall–Kier alpha value is -2.00. The molecule has 0 aromatic heterocycles. The summed E-state index contributed by atoms with van der Waals surface area (Å²) in [5, 5.41) is 0.638. The number of Topliss-reactive ketones (excluding diaryl/α,β-unsaturated/α-hetero) is 1. The quantitative estimate of drug-likeness (QED) is 0.806. The summed E-state index contributed by atoms with van der Waals surface area (Å²) in [5.41, 5.74) is 1.53. The monoisotopic (exact) mass is 302 g/mol. The van der Waals surface area contributed by atoms with Gasteiger partial charge in [0, 0.05) is 23.4 Å². The van der Waals surface area contributed by atoms with Crippen LogP contribution in [-0.4, -0.2) is 19.0 Å². The molecule has 108 valence electrons. The summed E-state index contributed by atoms with van der Waals surface area (Å²) in [4.78, 5) is 12.4. The second-order valence-corrected chi connectivity index (χ2v) is 5.38. The molecular formula is C17H15ClO3. The lowest BCUT2D eigenvalue weighted by Crippen LogP contribution is -2.04. The minimum Gasteiger partial charge on any atom is -0.490 e. The molecular weight excluding hydrogens is 288 g/mol. The van der Waals surface area contributed by atoms with Gasteiger partial charge < -0.3 is 9.47 Å². The molecule has 0 spiro atoms. The molecule has 0 saturated carbocycles. The molecule has 0 N–H and O–H groups in total. The van der Waals surface area contributed by atoms with Crippen molar-refractivity contribution in [2.45, 2.75) is 12.8 Å². The SMILES string of the molecule is O=C(Cc1cccc(Cl)c1)c1ccc2c(c1)OCCCO2. The summed E-state index contributed by atoms with van der Waals surface area (Å²) >= 11 is 5.94. The van der Waals surface area contributed by atoms with Gasteiger partial charge in [-0.3, -0.25) is 4.79 Å². The third kappa shape index (κ3) is 3.37. The molecule has 0 saturated heterocycles. The number of hydrogen-bond acceptors (Lipinski definition) is 3. The van der Waals surface area contributed by atoms with Crippen LogP contribution in [0.1, 0.15) is 22.3 Å². The molecule has 0 fully saturated rings. The van der Waals surface area contributed by atoms with E-state index in [1.54, 1.807) is 24.3 Å². The van der Waals surface area contributed by atoms with Gasteiger partial charge in [-0.05, 0) is 35.9 Å². The van der Waals surface area contributed by atoms with Crippen LogP contribution in [0.5, 0.6) is 11.5 Å². The highest BCUT2D eigenvalue weighted by Gasteiger charge is 2.14. The van der Waals surface area contributed by atoms with E-state index in [1.165, 1.54) is 0 Å². The summed E-state index contributed by atoms with van der Waals surface area (Å²) in [7, 11) is 0. The predicted octanol–water partition coefficient (Wildman–Crippen LogP) is 3.93. The number of ether oxygens (including phenoxy) is 2. The minimum atomic E-state index is 0.0351. The van der Waals surface area contributed by atoms with Crippen LogP contribution in [0.25, 0.3) is 0 Å². The fraction of sp³-hybridized carbons (Fsp3) is 0.235. The van der Waals surface area contributed by atoms with E-state index in [-0.39, 0.29) is 5.78 Å². The lowest BCUT2D eigenvalue weighted by Gasteiger charge is -2.09. The first kappa shape index (κ1) is 14.0. The van der Waals surface area contributed by atoms with Crippen molar-refractivity contribution < 1.29 is 14.3 Å². The molecule has 1 aliphatic rings. The van der Waals surface area contributed by atoms with Crippen LogP contribution in [0.15, 0.2) is 42.5 Å². The van der Waals surface area contributed by atoms with E-state index in [0.29, 0.717) is 41.7 Å². The second-order valence-electron chi connectivity index (χ2n) is 4.94. The summed E-state index contributed by atoms with van der Waals surface area (Å²) < 4.78 is 11.2. The third-order valence-electron chi connectivity index (χ3n) is 3.32. The van der Waals surface area contributed by atoms with Crippen LogP contribution in [0.2, 0.25) is 5.02 Å². The van der Waals surface area contributed by atoms with E-state index in [9.17, 15) is 4.79 Å². The fourth-order valence-corrected chi connectivity index (χ4v) is 2.48. The molecule has 0 radical (unpaired) electrons. The van der Waals surface area contributed by atoms with Gasteiger partial charge in [0.15, 0.2) is 17.3 Å². The van der Waals surface area contributed by atoms with Gasteiger partial charge >= 0.3 is 0 Å². The average Bonchev–Trinajstić information content (AvgIpc) is 2.71. The van der Waals surface area contributed by atoms with Gasteiger partial charge in [0.25, 0.3) is 0 Å². The molecule has 21 heavy (non-hydrogen) atoms. The largest absolute Gasteiger partial charge is 0.490 e. The smallest absolute Gasteiger partial charge is 0.167 e. The maximum absolute atomic E-state index is 12.4. The molecule has 3 nitrogen and oxygen atoms in total. The Morgan fingerprint density at radius 3 is 2.67 bits per heavy atom. The van der Waals surface area contributed by atoms with E-state index < -0.39 is 0 Å². The molecule has 0 bridgehead atoms. The number of halogens is 1. The highest BCUT2D eigenvalue weighted by atomic mass is 35.5. The Kier molecular flexibility index (Phi) is 4.11. The lowest BCUT2D eigenvalue weighted by molar-refractivity contribution is 0.0992. The molecule has 0 amide bonds. The zero-order valence-electron chi connectivity index (χ0n) is 11.5. The number of hydrogen-bond donors (Lipinski definition) is 0. The van der Waals surface area contributed by atoms with Crippen molar-refractivity contribution in [3.05, 3.63) is 58.6 Å². The Bertz CT molecular complexity index is 667. The lowest BCUT2D eigenvalue weighted by atomic mass is 10.0. The Morgan fingerprint density at radius 1 is 1.05 bits per heavy atom. The zero-order valence-corrected chi connectivity index (χ0v) is 12.2. The maximum atomic E-state index is 12.4. The predicted molar refractivity (Wildman–Crippen MR) is 81.5 cm³/mol. The Labute approximate surface area is 128 Å². The normalized spacial score (nSPS) is 13.6. The van der Waals surface area contributed by atoms with Crippen molar-refractivity contribution in [2.24, 2.45) is 0 Å². The van der Waals surface area contributed by atoms with Gasteiger partial charge in [-0.25, -0.2) is 0 Å². The maximum Gasteiger partial charge on any atom is 0.167 e. The second kappa shape index (κ2) is 6.19. The first-order chi connectivity index (χ1) is 10.2. The molecule has 1 heterocycles. The Morgan fingerprint density at radius 2 is 1.86 bits per heavy atom. The van der Waals surface area contributed by atoms with E-state index >= 15 is 0 Å². The average molecular weight is 303 g/mol. The first-order valence-corrected chi connectivity index (χ1v) is 7.27. The van der Waals surface area contributed by atoms with Gasteiger partial charge in [0.2, 0.25) is 0 Å². The van der Waals surface area contributed by atoms with E-state index in [1.807, 2.05) is 18.2 Å². The highest BCUT2D eigenvalue weighted by Crippen LogP contribution is 2.30. The van der Waals surface area contributed by atoms with Crippen LogP contribution in [0.4, 0.5) is 0 Å². The minimum absolute atomic E-state index is 0.0351. The molecule has 2 aromatic carbocycles. The fourth-order valence-electron chi connectivity index (χ4n) is 2.27. The summed E-state index contributed by atoms with van der Waals surface area (Å²) in [6.07, 6.45) is 1.17. The van der Waals surface area contributed by atoms with Gasteiger partial charge in [0.1, 0.15) is 0 Å². The number of carbonyl (C=O) groups is 1. The number of ketones is 1. The van der Waals surface area contributed by atoms with Crippen LogP contribution in [0.3, 0.4) is 0 Å². The summed E-state index contributed by atoms with van der Waals surface area (Å²) in [6, 6.07) is 12.7. The van der Waals surface area contributed by atoms with Gasteiger partial charge in [-0.1, -0.05) is 23.7 Å². The van der Waals surface area contributed by atoms with Crippen molar-refractivity contribution in [1.82, 2.24) is 0 Å². The number of fused-ring (bicyclic) bond motifs is 1. The Balaban J connectivity index is 1.80. The van der Waals surface area contributed by atoms with Gasteiger partial charge in [-0.2, -0.15) is 0 Å². The van der Waals surface area contributed by atoms with Gasteiger partial charge in [-0.15, -0.1) is 0 Å². The molecule has 0 unspecified atom stereocenters. The molecule has 0 atom stereocenters. The number of carbonyl (C=O) groups excluding carboxylic acids is 1. The number of rotatable bonds is 3. The van der Waals surface area contributed by atoms with Crippen molar-refractivity contribution in [3.8, 4) is 11.5 Å². The van der Waals surface area contributed by atoms with Crippen LogP contribution < -0.4 is 9.47 Å². The van der Waals surface area contributed by atoms with Crippen LogP contribution >= 0.6 is 11.6 Å². The first-order valence-electron chi connectivity index (χ1n) is 6.90. The topological polar surface area (TPSA) is 35.5 Å². The third-order valence-corrected chi connectivity index (χ3v) is 3.56. The molecule has 4 heteroatoms. The van der Waals surface area contributed by atoms with Crippen LogP contribution in [0, 0.1) is 0 Å². The molecule has 2 aromatic rings. The summed E-state index contributed by atoms with van der Waals surface area (Å²) in [6.45, 7) is 1.25. The summed E-state index contributed by atoms with van der Waals surface area (Å²) in [5.74, 6) is 1.38. The standard InChI is InChI=1S/C17H15ClO3/c18-14-4-1-3-12(9-14)10-15(19)13-5-6-16-17(11-13)21-8-2-7-20-16/h1,3-6,9,11H,2,7-8,10H2. The van der Waals surface area contributed by atoms with Crippen LogP contribution in [-0.2, 0) is 6.42 Å². The molecule has 0 aliphatic carbocycles. The van der Waals surface area contributed by atoms with Crippen molar-refractivity contribution in [2.75, 3.05) is 13.2 Å². The zero-order chi connectivity index (χ0) is 14.7. The van der Waals surface area contributed by atoms with Crippen molar-refractivity contribution >= 4 is 17.4 Å². The highest BCUT2D eigenvalue weighted by molar-refractivity contribution is 6.30. The van der Waals surface area contributed by atoms with Gasteiger partial charge in [0.05, 0.1) is 13.2 Å².